The Bertz CT molecular complexity index is 848. The maximum Gasteiger partial charge on any atom is 0.179 e. The van der Waals surface area contributed by atoms with Crippen LogP contribution in [0.3, 0.4) is 0 Å². The molecule has 3 aromatic rings. The molecule has 0 radical (unpaired) electrons. The molecule has 116 valence electrons. The zero-order valence-electron chi connectivity index (χ0n) is 11.7. The van der Waals surface area contributed by atoms with Gasteiger partial charge in [-0.3, -0.25) is 4.99 Å². The van der Waals surface area contributed by atoms with Gasteiger partial charge in [-0.2, -0.15) is 0 Å². The first-order chi connectivity index (χ1) is 11.1. The molecule has 0 spiro atoms. The second-order valence-corrected chi connectivity index (χ2v) is 8.16. The molecule has 0 atom stereocenters. The van der Waals surface area contributed by atoms with Gasteiger partial charge in [0.25, 0.3) is 0 Å². The first-order valence-corrected chi connectivity index (χ1v) is 9.69. The van der Waals surface area contributed by atoms with Crippen LogP contribution < -0.4 is 0 Å². The van der Waals surface area contributed by atoms with E-state index in [0.717, 1.165) is 28.7 Å². The van der Waals surface area contributed by atoms with Crippen molar-refractivity contribution >= 4 is 73.8 Å². The molecule has 2 aromatic carbocycles. The Kier molecular flexibility index (Phi) is 5.85. The van der Waals surface area contributed by atoms with Gasteiger partial charge in [-0.25, -0.2) is 0 Å². The van der Waals surface area contributed by atoms with Gasteiger partial charge in [0, 0.05) is 19.6 Å². The first-order valence-electron chi connectivity index (χ1n) is 6.62. The van der Waals surface area contributed by atoms with Crippen molar-refractivity contribution in [2.75, 3.05) is 0 Å². The van der Waals surface area contributed by atoms with Crippen LogP contribution in [0.1, 0.15) is 5.76 Å². The molecule has 0 aliphatic rings. The highest BCUT2D eigenvalue weighted by Crippen LogP contribution is 2.36. The molecular formula is C17H10BrClINOS. The van der Waals surface area contributed by atoms with Crippen LogP contribution in [0.15, 0.2) is 78.5 Å². The zero-order chi connectivity index (χ0) is 16.2. The van der Waals surface area contributed by atoms with Crippen molar-refractivity contribution in [3.05, 3.63) is 73.4 Å². The summed E-state index contributed by atoms with van der Waals surface area (Å²) in [5.74, 6) is 0.701. The van der Waals surface area contributed by atoms with E-state index in [1.54, 1.807) is 6.21 Å². The quantitative estimate of drug-likeness (QED) is 0.270. The monoisotopic (exact) mass is 517 g/mol. The summed E-state index contributed by atoms with van der Waals surface area (Å²) >= 11 is 13.2. The van der Waals surface area contributed by atoms with Crippen LogP contribution in [0, 0.1) is 3.57 Å². The Morgan fingerprint density at radius 3 is 2.65 bits per heavy atom. The smallest absolute Gasteiger partial charge is 0.179 e. The molecule has 6 heteroatoms. The fraction of sp³-hybridized carbons (Fsp3) is 0. The predicted molar refractivity (Wildman–Crippen MR) is 108 cm³/mol. The van der Waals surface area contributed by atoms with E-state index < -0.39 is 0 Å². The molecule has 1 aromatic heterocycles. The first kappa shape index (κ1) is 17.1. The summed E-state index contributed by atoms with van der Waals surface area (Å²) in [4.78, 5) is 5.50. The van der Waals surface area contributed by atoms with E-state index in [4.69, 9.17) is 16.0 Å². The normalized spacial score (nSPS) is 11.3. The highest BCUT2D eigenvalue weighted by molar-refractivity contribution is 14.1. The van der Waals surface area contributed by atoms with E-state index in [2.05, 4.69) is 43.5 Å². The molecule has 0 aliphatic heterocycles. The number of furan rings is 1. The molecule has 23 heavy (non-hydrogen) atoms. The van der Waals surface area contributed by atoms with E-state index in [0.29, 0.717) is 5.76 Å². The molecule has 0 amide bonds. The number of aliphatic imine (C=N–C) groups is 1. The lowest BCUT2D eigenvalue weighted by molar-refractivity contribution is 0.466. The third-order valence-electron chi connectivity index (χ3n) is 2.85. The third kappa shape index (κ3) is 4.86. The summed E-state index contributed by atoms with van der Waals surface area (Å²) in [6.45, 7) is 0. The fourth-order valence-corrected chi connectivity index (χ4v) is 3.79. The van der Waals surface area contributed by atoms with Crippen LogP contribution in [-0.4, -0.2) is 6.21 Å². The van der Waals surface area contributed by atoms with Gasteiger partial charge in [0.15, 0.2) is 5.09 Å². The largest absolute Gasteiger partial charge is 0.447 e. The number of benzene rings is 2. The molecule has 0 unspecified atom stereocenters. The molecule has 0 N–H and O–H groups in total. The van der Waals surface area contributed by atoms with Crippen molar-refractivity contribution in [1.82, 2.24) is 0 Å². The fourth-order valence-electron chi connectivity index (χ4n) is 1.81. The lowest BCUT2D eigenvalue weighted by Gasteiger charge is -1.98. The Morgan fingerprint density at radius 1 is 1.13 bits per heavy atom. The van der Waals surface area contributed by atoms with Gasteiger partial charge in [0.2, 0.25) is 0 Å². The highest BCUT2D eigenvalue weighted by Gasteiger charge is 2.09. The second kappa shape index (κ2) is 7.88. The molecule has 1 heterocycles. The van der Waals surface area contributed by atoms with Crippen LogP contribution in [-0.2, 0) is 0 Å². The zero-order valence-corrected chi connectivity index (χ0v) is 17.0. The summed E-state index contributed by atoms with van der Waals surface area (Å²) in [7, 11) is 0. The topological polar surface area (TPSA) is 25.5 Å². The Labute approximate surface area is 165 Å². The van der Waals surface area contributed by atoms with Crippen LogP contribution in [0.2, 0.25) is 5.02 Å². The van der Waals surface area contributed by atoms with Gasteiger partial charge >= 0.3 is 0 Å². The van der Waals surface area contributed by atoms with Gasteiger partial charge in [-0.05, 0) is 81.0 Å². The predicted octanol–water partition coefficient (Wildman–Crippen LogP) is 7.20. The average molecular weight is 519 g/mol. The summed E-state index contributed by atoms with van der Waals surface area (Å²) in [6.07, 6.45) is 1.72. The summed E-state index contributed by atoms with van der Waals surface area (Å²) < 4.78 is 7.89. The van der Waals surface area contributed by atoms with Crippen molar-refractivity contribution < 1.29 is 4.42 Å². The molecule has 0 bridgehead atoms. The number of hydrogen-bond acceptors (Lipinski definition) is 3. The van der Waals surface area contributed by atoms with Gasteiger partial charge in [0.05, 0.1) is 16.4 Å². The molecule has 3 rings (SSSR count). The minimum absolute atomic E-state index is 0.701. The summed E-state index contributed by atoms with van der Waals surface area (Å²) in [5.41, 5.74) is 0.899. The molecule has 2 nitrogen and oxygen atoms in total. The highest BCUT2D eigenvalue weighted by atomic mass is 127. The van der Waals surface area contributed by atoms with Crippen LogP contribution >= 0.6 is 61.9 Å². The van der Waals surface area contributed by atoms with E-state index >= 15 is 0 Å². The van der Waals surface area contributed by atoms with Crippen molar-refractivity contribution in [3.63, 3.8) is 0 Å². The van der Waals surface area contributed by atoms with Crippen LogP contribution in [0.4, 0.5) is 5.69 Å². The number of hydrogen-bond donors (Lipinski definition) is 0. The lowest BCUT2D eigenvalue weighted by atomic mass is 10.3. The van der Waals surface area contributed by atoms with Crippen LogP contribution in [0.25, 0.3) is 0 Å². The van der Waals surface area contributed by atoms with Gasteiger partial charge in [-0.1, -0.05) is 29.4 Å². The van der Waals surface area contributed by atoms with Crippen molar-refractivity contribution in [2.45, 2.75) is 9.99 Å². The number of rotatable bonds is 4. The molecule has 0 saturated carbocycles. The second-order valence-electron chi connectivity index (χ2n) is 4.58. The SMILES string of the molecule is Clc1ccc(Sc2oc(C=Nc3cccc(I)c3)cc2Br)cc1. The third-order valence-corrected chi connectivity index (χ3v) is 5.62. The summed E-state index contributed by atoms with van der Waals surface area (Å²) in [6, 6.07) is 17.5. The van der Waals surface area contributed by atoms with Gasteiger partial charge in [0.1, 0.15) is 5.76 Å². The Hall–Kier alpha value is -0.760. The maximum absolute atomic E-state index is 5.90. The molecule has 0 saturated heterocycles. The molecule has 0 fully saturated rings. The molecule has 0 aliphatic carbocycles. The van der Waals surface area contributed by atoms with E-state index in [-0.39, 0.29) is 0 Å². The number of halogens is 3. The maximum atomic E-state index is 5.90. The van der Waals surface area contributed by atoms with Gasteiger partial charge in [-0.15, -0.1) is 0 Å². The van der Waals surface area contributed by atoms with Crippen LogP contribution in [0.5, 0.6) is 0 Å². The Morgan fingerprint density at radius 2 is 1.91 bits per heavy atom. The van der Waals surface area contributed by atoms with Gasteiger partial charge < -0.3 is 4.42 Å². The van der Waals surface area contributed by atoms with Crippen molar-refractivity contribution in [1.29, 1.82) is 0 Å². The van der Waals surface area contributed by atoms with E-state index in [9.17, 15) is 0 Å². The van der Waals surface area contributed by atoms with E-state index in [1.165, 1.54) is 11.8 Å². The standard InChI is InChI=1S/C17H10BrClINOS/c18-16-9-14(10-21-13-3-1-2-12(20)8-13)22-17(16)23-15-6-4-11(19)5-7-15/h1-10H. The van der Waals surface area contributed by atoms with E-state index in [1.807, 2.05) is 54.6 Å². The number of nitrogens with zero attached hydrogens (tertiary/aromatic N) is 1. The minimum Gasteiger partial charge on any atom is -0.447 e. The summed E-state index contributed by atoms with van der Waals surface area (Å²) in [5, 5.41) is 1.51. The molecular weight excluding hydrogens is 509 g/mol. The van der Waals surface area contributed by atoms with Crippen molar-refractivity contribution in [2.24, 2.45) is 4.99 Å². The lowest BCUT2D eigenvalue weighted by Crippen LogP contribution is -1.75. The minimum atomic E-state index is 0.701. The van der Waals surface area contributed by atoms with Crippen molar-refractivity contribution in [3.8, 4) is 0 Å². The average Bonchev–Trinajstić information content (AvgIpc) is 2.88. The Balaban J connectivity index is 1.76.